The van der Waals surface area contributed by atoms with Crippen molar-refractivity contribution < 1.29 is 13.9 Å². The van der Waals surface area contributed by atoms with E-state index in [1.54, 1.807) is 12.3 Å². The highest BCUT2D eigenvalue weighted by Gasteiger charge is 2.36. The molecule has 0 N–H and O–H groups in total. The topological polar surface area (TPSA) is 58.8 Å². The summed E-state index contributed by atoms with van der Waals surface area (Å²) < 4.78 is 11.1. The van der Waals surface area contributed by atoms with Crippen LogP contribution in [-0.2, 0) is 4.74 Å². The molecule has 2 atom stereocenters. The zero-order chi connectivity index (χ0) is 16.4. The molecule has 0 bridgehead atoms. The van der Waals surface area contributed by atoms with Crippen molar-refractivity contribution in [2.24, 2.45) is 0 Å². The number of rotatable bonds is 2. The Morgan fingerprint density at radius 1 is 1.21 bits per heavy atom. The van der Waals surface area contributed by atoms with E-state index in [1.165, 1.54) is 12.5 Å². The zero-order valence-corrected chi connectivity index (χ0v) is 13.5. The van der Waals surface area contributed by atoms with Gasteiger partial charge in [-0.15, -0.1) is 0 Å². The van der Waals surface area contributed by atoms with E-state index in [0.29, 0.717) is 18.7 Å². The Labute approximate surface area is 141 Å². The second kappa shape index (κ2) is 6.65. The first-order chi connectivity index (χ1) is 11.8. The number of carbonyl (C=O) groups excluding carboxylic acids is 1. The third kappa shape index (κ3) is 2.89. The number of furan rings is 1. The Balaban J connectivity index is 1.51. The van der Waals surface area contributed by atoms with Gasteiger partial charge in [-0.1, -0.05) is 0 Å². The third-order valence-electron chi connectivity index (χ3n) is 4.90. The van der Waals surface area contributed by atoms with Crippen LogP contribution in [0.15, 0.2) is 47.5 Å². The molecule has 2 aromatic rings. The van der Waals surface area contributed by atoms with E-state index in [-0.39, 0.29) is 18.1 Å². The molecule has 1 amide bonds. The number of pyridine rings is 1. The van der Waals surface area contributed by atoms with E-state index >= 15 is 0 Å². The summed E-state index contributed by atoms with van der Waals surface area (Å²) in [5.74, 6) is 0.0373. The minimum Gasteiger partial charge on any atom is -0.472 e. The zero-order valence-electron chi connectivity index (χ0n) is 13.5. The average molecular weight is 327 g/mol. The lowest BCUT2D eigenvalue weighted by molar-refractivity contribution is 0.00907. The third-order valence-corrected chi connectivity index (χ3v) is 4.90. The van der Waals surface area contributed by atoms with E-state index in [1.807, 2.05) is 17.2 Å². The lowest BCUT2D eigenvalue weighted by atomic mass is 10.0. The van der Waals surface area contributed by atoms with Gasteiger partial charge < -0.3 is 19.0 Å². The van der Waals surface area contributed by atoms with E-state index in [0.717, 1.165) is 31.6 Å². The van der Waals surface area contributed by atoms with Crippen molar-refractivity contribution in [1.82, 2.24) is 9.88 Å². The maximum Gasteiger partial charge on any atom is 0.257 e. The molecule has 6 heteroatoms. The van der Waals surface area contributed by atoms with Crippen LogP contribution in [0.25, 0.3) is 0 Å². The molecule has 0 spiro atoms. The highest BCUT2D eigenvalue weighted by Crippen LogP contribution is 2.28. The van der Waals surface area contributed by atoms with Gasteiger partial charge in [0.25, 0.3) is 5.91 Å². The predicted molar refractivity (Wildman–Crippen MR) is 89.0 cm³/mol. The number of likely N-dealkylation sites (tertiary alicyclic amines) is 1. The number of carbonyl (C=O) groups is 1. The molecule has 0 radical (unpaired) electrons. The van der Waals surface area contributed by atoms with E-state index < -0.39 is 0 Å². The van der Waals surface area contributed by atoms with Gasteiger partial charge in [-0.2, -0.15) is 0 Å². The Kier molecular flexibility index (Phi) is 4.21. The monoisotopic (exact) mass is 327 g/mol. The van der Waals surface area contributed by atoms with Gasteiger partial charge in [0.1, 0.15) is 6.26 Å². The maximum atomic E-state index is 12.6. The Morgan fingerprint density at radius 2 is 2.12 bits per heavy atom. The van der Waals surface area contributed by atoms with Crippen LogP contribution in [0.1, 0.15) is 23.2 Å². The Bertz CT molecular complexity index is 674. The van der Waals surface area contributed by atoms with Crippen molar-refractivity contribution in [3.05, 3.63) is 48.7 Å². The predicted octanol–water partition coefficient (Wildman–Crippen LogP) is 2.18. The SMILES string of the molecule is O=C(c1ccoc1)N1CC[C@@H]2[C@@H](CC1)OCCN2c1cccnc1. The summed E-state index contributed by atoms with van der Waals surface area (Å²) in [5, 5.41) is 0. The van der Waals surface area contributed by atoms with Crippen LogP contribution in [0.4, 0.5) is 5.69 Å². The molecule has 4 heterocycles. The number of ether oxygens (including phenoxy) is 1. The smallest absolute Gasteiger partial charge is 0.257 e. The van der Waals surface area contributed by atoms with Gasteiger partial charge in [0, 0.05) is 25.8 Å². The van der Waals surface area contributed by atoms with Crippen LogP contribution in [0.3, 0.4) is 0 Å². The second-order valence-electron chi connectivity index (χ2n) is 6.26. The number of hydrogen-bond donors (Lipinski definition) is 0. The number of morpholine rings is 1. The van der Waals surface area contributed by atoms with Gasteiger partial charge in [0.05, 0.1) is 42.5 Å². The van der Waals surface area contributed by atoms with Crippen LogP contribution >= 0.6 is 0 Å². The van der Waals surface area contributed by atoms with Crippen LogP contribution in [0, 0.1) is 0 Å². The maximum absolute atomic E-state index is 12.6. The van der Waals surface area contributed by atoms with Crippen molar-refractivity contribution in [3.8, 4) is 0 Å². The fraction of sp³-hybridized carbons (Fsp3) is 0.444. The van der Waals surface area contributed by atoms with Gasteiger partial charge in [0.15, 0.2) is 0 Å². The van der Waals surface area contributed by atoms with Crippen molar-refractivity contribution >= 4 is 11.6 Å². The highest BCUT2D eigenvalue weighted by molar-refractivity contribution is 5.93. The summed E-state index contributed by atoms with van der Waals surface area (Å²) in [6.07, 6.45) is 8.65. The van der Waals surface area contributed by atoms with Gasteiger partial charge in [-0.25, -0.2) is 0 Å². The van der Waals surface area contributed by atoms with Crippen LogP contribution in [-0.4, -0.2) is 54.2 Å². The molecule has 0 aromatic carbocycles. The van der Waals surface area contributed by atoms with E-state index in [9.17, 15) is 4.79 Å². The summed E-state index contributed by atoms with van der Waals surface area (Å²) in [6.45, 7) is 3.02. The van der Waals surface area contributed by atoms with Gasteiger partial charge in [-0.3, -0.25) is 9.78 Å². The standard InChI is InChI=1S/C18H21N3O3/c22-18(14-5-10-23-13-14)20-7-3-16-17(4-8-20)24-11-9-21(16)15-2-1-6-19-12-15/h1-2,5-6,10,12-13,16-17H,3-4,7-9,11H2/t16-,17-/m1/s1. The molecule has 2 fully saturated rings. The molecule has 24 heavy (non-hydrogen) atoms. The van der Waals surface area contributed by atoms with Crippen molar-refractivity contribution in [1.29, 1.82) is 0 Å². The minimum absolute atomic E-state index is 0.0373. The molecule has 2 aromatic heterocycles. The van der Waals surface area contributed by atoms with Crippen molar-refractivity contribution in [3.63, 3.8) is 0 Å². The van der Waals surface area contributed by atoms with Crippen molar-refractivity contribution in [2.75, 3.05) is 31.1 Å². The highest BCUT2D eigenvalue weighted by atomic mass is 16.5. The quantitative estimate of drug-likeness (QED) is 0.846. The molecular weight excluding hydrogens is 306 g/mol. The number of fused-ring (bicyclic) bond motifs is 1. The molecule has 0 aliphatic carbocycles. The largest absolute Gasteiger partial charge is 0.472 e. The lowest BCUT2D eigenvalue weighted by Gasteiger charge is -2.41. The molecule has 2 aliphatic heterocycles. The molecule has 0 unspecified atom stereocenters. The van der Waals surface area contributed by atoms with Crippen LogP contribution < -0.4 is 4.90 Å². The summed E-state index contributed by atoms with van der Waals surface area (Å²) >= 11 is 0. The van der Waals surface area contributed by atoms with E-state index in [4.69, 9.17) is 9.15 Å². The molecule has 4 rings (SSSR count). The fourth-order valence-electron chi connectivity index (χ4n) is 3.70. The molecule has 2 saturated heterocycles. The van der Waals surface area contributed by atoms with Crippen molar-refractivity contribution in [2.45, 2.75) is 25.0 Å². The molecule has 6 nitrogen and oxygen atoms in total. The molecule has 0 saturated carbocycles. The lowest BCUT2D eigenvalue weighted by Crippen LogP contribution is -2.51. The number of nitrogens with zero attached hydrogens (tertiary/aromatic N) is 3. The average Bonchev–Trinajstić information content (AvgIpc) is 3.08. The number of amides is 1. The summed E-state index contributed by atoms with van der Waals surface area (Å²) in [6, 6.07) is 6.06. The first kappa shape index (κ1) is 15.2. The van der Waals surface area contributed by atoms with Gasteiger partial charge in [0.2, 0.25) is 0 Å². The Morgan fingerprint density at radius 3 is 2.92 bits per heavy atom. The molecule has 126 valence electrons. The summed E-state index contributed by atoms with van der Waals surface area (Å²) in [4.78, 5) is 21.1. The van der Waals surface area contributed by atoms with Gasteiger partial charge >= 0.3 is 0 Å². The Hall–Kier alpha value is -2.34. The second-order valence-corrected chi connectivity index (χ2v) is 6.26. The minimum atomic E-state index is 0.0373. The van der Waals surface area contributed by atoms with Crippen LogP contribution in [0.2, 0.25) is 0 Å². The molecule has 2 aliphatic rings. The summed E-state index contributed by atoms with van der Waals surface area (Å²) in [7, 11) is 0. The number of aromatic nitrogens is 1. The number of hydrogen-bond acceptors (Lipinski definition) is 5. The summed E-state index contributed by atoms with van der Waals surface area (Å²) in [5.41, 5.74) is 1.75. The first-order valence-electron chi connectivity index (χ1n) is 8.42. The van der Waals surface area contributed by atoms with E-state index in [2.05, 4.69) is 16.0 Å². The van der Waals surface area contributed by atoms with Gasteiger partial charge in [-0.05, 0) is 31.0 Å². The number of anilines is 1. The molecular formula is C18H21N3O3. The fourth-order valence-corrected chi connectivity index (χ4v) is 3.70. The normalized spacial score (nSPS) is 24.3. The first-order valence-corrected chi connectivity index (χ1v) is 8.42. The van der Waals surface area contributed by atoms with Crippen LogP contribution in [0.5, 0.6) is 0 Å².